The van der Waals surface area contributed by atoms with Gasteiger partial charge in [-0.05, 0) is 68.9 Å². The van der Waals surface area contributed by atoms with E-state index >= 15 is 0 Å². The molecule has 58 heavy (non-hydrogen) atoms. The number of nitrogens with zero attached hydrogens (tertiary/aromatic N) is 2. The van der Waals surface area contributed by atoms with Gasteiger partial charge in [-0.25, -0.2) is 4.70 Å². The average molecular weight is 791 g/mol. The second-order valence-electron chi connectivity index (χ2n) is 18.0. The number of hydrogen-bond donors (Lipinski definition) is 0. The Kier molecular flexibility index (Phi) is 28.3. The maximum absolute atomic E-state index is 11.9. The van der Waals surface area contributed by atoms with E-state index in [2.05, 4.69) is 88.4 Å². The quantitative estimate of drug-likeness (QED) is 0.0481. The summed E-state index contributed by atoms with van der Waals surface area (Å²) in [6.07, 6.45) is 51.2. The number of unbranched alkanes of at least 4 members (excludes halogenated alkanes) is 29. The van der Waals surface area contributed by atoms with Crippen molar-refractivity contribution in [1.82, 2.24) is 0 Å². The Hall–Kier alpha value is -2.74. The Morgan fingerprint density at radius 3 is 1.29 bits per heavy atom. The summed E-state index contributed by atoms with van der Waals surface area (Å²) in [5.41, 5.74) is 21.1. The molecule has 2 nitrogen and oxygen atoms in total. The van der Waals surface area contributed by atoms with Crippen LogP contribution in [-0.4, -0.2) is 4.70 Å². The van der Waals surface area contributed by atoms with Gasteiger partial charge < -0.3 is 5.53 Å². The van der Waals surface area contributed by atoms with Crippen LogP contribution in [-0.2, 0) is 6.42 Å². The van der Waals surface area contributed by atoms with Crippen LogP contribution >= 0.6 is 0 Å². The lowest BCUT2D eigenvalue weighted by Gasteiger charge is -2.11. The maximum Gasteiger partial charge on any atom is 0.215 e. The highest BCUT2D eigenvalue weighted by Crippen LogP contribution is 2.43. The molecule has 0 amide bonds. The topological polar surface area (TPSA) is 25.3 Å². The molecule has 0 N–H and O–H groups in total. The molecule has 0 aliphatic carbocycles. The molecule has 0 spiro atoms. The Balaban J connectivity index is 1.26. The summed E-state index contributed by atoms with van der Waals surface area (Å²) in [6.45, 7) is 8.90. The molecule has 0 fully saturated rings. The molecule has 0 saturated heterocycles. The summed E-state index contributed by atoms with van der Waals surface area (Å²) in [4.78, 5) is 0. The normalized spacial score (nSPS) is 13.3. The van der Waals surface area contributed by atoms with Crippen LogP contribution in [0.2, 0.25) is 0 Å². The van der Waals surface area contributed by atoms with Crippen LogP contribution in [0.15, 0.2) is 71.8 Å². The number of benzene rings is 2. The Bertz CT molecular complexity index is 1460. The summed E-state index contributed by atoms with van der Waals surface area (Å²) in [7, 11) is 0. The number of allylic oxidation sites excluding steroid dienone is 4. The molecule has 0 unspecified atom stereocenters. The van der Waals surface area contributed by atoms with Gasteiger partial charge in [0.15, 0.2) is 0 Å². The predicted molar refractivity (Wildman–Crippen MR) is 257 cm³/mol. The van der Waals surface area contributed by atoms with Gasteiger partial charge >= 0.3 is 0 Å². The van der Waals surface area contributed by atoms with Gasteiger partial charge in [0, 0.05) is 16.7 Å². The van der Waals surface area contributed by atoms with Crippen molar-refractivity contribution in [2.75, 3.05) is 0 Å². The van der Waals surface area contributed by atoms with Crippen LogP contribution in [0.1, 0.15) is 255 Å². The Labute approximate surface area is 360 Å². The van der Waals surface area contributed by atoms with Crippen LogP contribution in [0.5, 0.6) is 0 Å². The van der Waals surface area contributed by atoms with E-state index in [1.165, 1.54) is 220 Å². The van der Waals surface area contributed by atoms with Gasteiger partial charge in [0.1, 0.15) is 0 Å². The number of hydrogen-bond acceptors (Lipinski definition) is 0. The monoisotopic (exact) mass is 791 g/mol. The van der Waals surface area contributed by atoms with Crippen LogP contribution in [0.4, 0.5) is 0 Å². The minimum atomic E-state index is 0.921. The van der Waals surface area contributed by atoms with Crippen molar-refractivity contribution in [2.45, 2.75) is 246 Å². The van der Waals surface area contributed by atoms with Gasteiger partial charge in [-0.1, -0.05) is 249 Å². The molecule has 1 heterocycles. The van der Waals surface area contributed by atoms with Crippen molar-refractivity contribution in [2.24, 2.45) is 0 Å². The summed E-state index contributed by atoms with van der Waals surface area (Å²) in [5.74, 6) is 0. The molecule has 0 saturated carbocycles. The number of aryl methyl sites for hydroxylation is 2. The second-order valence-corrected chi connectivity index (χ2v) is 18.0. The first kappa shape index (κ1) is 49.6. The summed E-state index contributed by atoms with van der Waals surface area (Å²) in [6, 6.07) is 17.6. The van der Waals surface area contributed by atoms with E-state index in [0.717, 1.165) is 48.2 Å². The fourth-order valence-corrected chi connectivity index (χ4v) is 9.08. The van der Waals surface area contributed by atoms with Gasteiger partial charge in [0.25, 0.3) is 0 Å². The lowest BCUT2D eigenvalue weighted by molar-refractivity contribution is -0.345. The smallest absolute Gasteiger partial charge is 0.215 e. The van der Waals surface area contributed by atoms with Crippen LogP contribution in [0.25, 0.3) is 16.9 Å². The van der Waals surface area contributed by atoms with Gasteiger partial charge in [0.2, 0.25) is 11.4 Å². The number of rotatable bonds is 37. The molecule has 0 atom stereocenters. The zero-order chi connectivity index (χ0) is 41.3. The molecule has 2 heteroatoms. The third kappa shape index (κ3) is 20.5. The highest BCUT2D eigenvalue weighted by atomic mass is 15.2. The molecule has 2 aromatic rings. The average Bonchev–Trinajstić information content (AvgIpc) is 3.51. The SMILES string of the molecule is CCC=CC1=C(c2cccc(C)c2)[N+](=[N-])C(c2cccc(CCCCCCCCCCCCCCCCCCCCCCCCCCCCC)c2)=C1CCCCCC. The minimum absolute atomic E-state index is 0.921. The second kappa shape index (κ2) is 33.0. The third-order valence-corrected chi connectivity index (χ3v) is 12.7. The van der Waals surface area contributed by atoms with Gasteiger partial charge in [0.05, 0.1) is 5.57 Å². The van der Waals surface area contributed by atoms with E-state index in [4.69, 9.17) is 0 Å². The van der Waals surface area contributed by atoms with Crippen LogP contribution in [0, 0.1) is 6.92 Å². The Morgan fingerprint density at radius 2 is 0.845 bits per heavy atom. The fraction of sp³-hybridized carbons (Fsp3) is 0.679. The van der Waals surface area contributed by atoms with Crippen LogP contribution in [0.3, 0.4) is 0 Å². The van der Waals surface area contributed by atoms with Gasteiger partial charge in [-0.15, -0.1) is 0 Å². The largest absolute Gasteiger partial charge is 0.493 e. The third-order valence-electron chi connectivity index (χ3n) is 12.7. The fourth-order valence-electron chi connectivity index (χ4n) is 9.08. The van der Waals surface area contributed by atoms with E-state index in [-0.39, 0.29) is 0 Å². The molecule has 2 aromatic carbocycles. The van der Waals surface area contributed by atoms with Crippen molar-refractivity contribution >= 4 is 11.4 Å². The van der Waals surface area contributed by atoms with E-state index in [0.29, 0.717) is 0 Å². The molecule has 1 aliphatic heterocycles. The zero-order valence-corrected chi connectivity index (χ0v) is 38.7. The zero-order valence-electron chi connectivity index (χ0n) is 38.7. The lowest BCUT2D eigenvalue weighted by atomic mass is 9.93. The molecular weight excluding hydrogens is 701 g/mol. The minimum Gasteiger partial charge on any atom is -0.493 e. The van der Waals surface area contributed by atoms with Crippen molar-refractivity contribution in [1.29, 1.82) is 0 Å². The molecule has 0 radical (unpaired) electrons. The molecular formula is C56H90N2. The summed E-state index contributed by atoms with van der Waals surface area (Å²) in [5, 5.41) is 0. The predicted octanol–water partition coefficient (Wildman–Crippen LogP) is 19.2. The highest BCUT2D eigenvalue weighted by Gasteiger charge is 2.34. The molecule has 324 valence electrons. The first-order valence-electron chi connectivity index (χ1n) is 25.4. The molecule has 1 aliphatic rings. The standard InChI is InChI=1S/C56H90N2/c1-5-8-11-13-14-15-16-17-18-19-20-21-22-23-24-25-26-27-28-29-30-31-32-33-34-35-36-41-50-42-39-44-52(48-50)56-54(46-37-12-9-6-2)53(45-10-7-3)55(58(56)57)51-43-38-40-49(4)47-51/h10,38-40,42-45,47-48H,5-9,11-37,41,46H2,1-4H3. The molecule has 0 aromatic heterocycles. The lowest BCUT2D eigenvalue weighted by Crippen LogP contribution is -2.03. The van der Waals surface area contributed by atoms with Crippen molar-refractivity contribution < 1.29 is 4.70 Å². The van der Waals surface area contributed by atoms with Gasteiger partial charge in [-0.3, -0.25) is 0 Å². The molecule has 3 rings (SSSR count). The highest BCUT2D eigenvalue weighted by molar-refractivity contribution is 5.84. The van der Waals surface area contributed by atoms with E-state index < -0.39 is 0 Å². The van der Waals surface area contributed by atoms with E-state index in [9.17, 15) is 5.53 Å². The summed E-state index contributed by atoms with van der Waals surface area (Å²) >= 11 is 0. The maximum atomic E-state index is 11.9. The Morgan fingerprint density at radius 1 is 0.448 bits per heavy atom. The van der Waals surface area contributed by atoms with Crippen LogP contribution < -0.4 is 0 Å². The van der Waals surface area contributed by atoms with Crippen molar-refractivity contribution in [3.63, 3.8) is 0 Å². The molecule has 0 bridgehead atoms. The van der Waals surface area contributed by atoms with E-state index in [1.54, 1.807) is 0 Å². The first-order valence-corrected chi connectivity index (χ1v) is 25.4. The van der Waals surface area contributed by atoms with E-state index in [1.807, 2.05) is 0 Å². The summed E-state index contributed by atoms with van der Waals surface area (Å²) < 4.78 is 1.51. The van der Waals surface area contributed by atoms with Crippen molar-refractivity contribution in [3.8, 4) is 0 Å². The van der Waals surface area contributed by atoms with Crippen molar-refractivity contribution in [3.05, 3.63) is 99.6 Å². The first-order chi connectivity index (χ1) is 28.6. The van der Waals surface area contributed by atoms with Gasteiger partial charge in [-0.2, -0.15) is 0 Å².